The second kappa shape index (κ2) is 9.55. The third-order valence-corrected chi connectivity index (χ3v) is 9.85. The molecule has 21 nitrogen and oxygen atoms in total. The van der Waals surface area contributed by atoms with E-state index in [-0.39, 0.29) is 46.2 Å². The summed E-state index contributed by atoms with van der Waals surface area (Å²) < 4.78 is 71.2. The highest BCUT2D eigenvalue weighted by Crippen LogP contribution is 2.70. The quantitative estimate of drug-likeness (QED) is 0.158. The largest absolute Gasteiger partial charge is 0.527 e. The summed E-state index contributed by atoms with van der Waals surface area (Å²) in [5.74, 6) is -6.94. The molecule has 4 aromatic rings. The Morgan fingerprint density at radius 1 is 1.07 bits per heavy atom. The number of anilines is 2. The number of rotatable bonds is 2. The van der Waals surface area contributed by atoms with E-state index in [9.17, 15) is 28.8 Å². The van der Waals surface area contributed by atoms with Crippen LogP contribution in [0.4, 0.5) is 16.2 Å². The first-order chi connectivity index (χ1) is 21.8. The van der Waals surface area contributed by atoms with Crippen LogP contribution in [0.2, 0.25) is 0 Å². The molecule has 7 atom stereocenters. The number of nitrogen functional groups attached to an aromatic ring is 2. The standard InChI is InChI=1S/C22H21FN10O11P2/c23-22-10(16(22)33-6-29-12-19(33)30-21(25)31-20(12)35)15-9(42-22)3-41-46(38,39)43-14-7(2-40-45(36,37)44-15)1-8(13(14)34)32-5-28-11-17(24)26-4-27-18(11)32/h4-7,10,14,16,34H,1-3H2,(H,36,37)(H,38,39)(H2,24,26,27)(H3,25,30,31,35)/t7-,10?,14?,16+,22?/m1/s1. The molecule has 0 amide bonds. The molecule has 8 rings (SSSR count). The van der Waals surface area contributed by atoms with Crippen molar-refractivity contribution < 1.29 is 51.2 Å². The topological polar surface area (TPSA) is 300 Å². The lowest BCUT2D eigenvalue weighted by molar-refractivity contribution is -0.0384. The summed E-state index contributed by atoms with van der Waals surface area (Å²) in [5.41, 5.74) is 11.1. The fourth-order valence-electron chi connectivity index (χ4n) is 5.94. The van der Waals surface area contributed by atoms with Crippen LogP contribution in [0.5, 0.6) is 0 Å². The Morgan fingerprint density at radius 3 is 2.65 bits per heavy atom. The molecular weight excluding hydrogens is 661 g/mol. The number of H-pyrrole nitrogens is 1. The van der Waals surface area contributed by atoms with E-state index in [0.29, 0.717) is 0 Å². The molecular formula is C22H21FN10O11P2. The fourth-order valence-corrected chi connectivity index (χ4v) is 7.74. The van der Waals surface area contributed by atoms with Crippen LogP contribution in [0.25, 0.3) is 28.0 Å². The molecule has 2 aliphatic carbocycles. The Balaban J connectivity index is 1.11. The number of aromatic nitrogens is 8. The minimum Gasteiger partial charge on any atom is -0.508 e. The predicted octanol–water partition coefficient (Wildman–Crippen LogP) is 0.598. The van der Waals surface area contributed by atoms with E-state index in [1.54, 1.807) is 0 Å². The number of nitrogens with one attached hydrogen (secondary N) is 1. The molecule has 5 unspecified atom stereocenters. The van der Waals surface area contributed by atoms with Crippen molar-refractivity contribution in [2.45, 2.75) is 24.4 Å². The van der Waals surface area contributed by atoms with Crippen molar-refractivity contribution in [1.29, 1.82) is 0 Å². The molecule has 24 heteroatoms. The van der Waals surface area contributed by atoms with E-state index in [0.717, 1.165) is 10.9 Å². The van der Waals surface area contributed by atoms with E-state index in [1.165, 1.54) is 17.2 Å². The molecule has 0 spiro atoms. The van der Waals surface area contributed by atoms with Crippen molar-refractivity contribution in [3.63, 3.8) is 0 Å². The maximum absolute atomic E-state index is 16.1. The van der Waals surface area contributed by atoms with Gasteiger partial charge in [0.05, 0.1) is 18.6 Å². The monoisotopic (exact) mass is 682 g/mol. The van der Waals surface area contributed by atoms with Crippen LogP contribution in [0, 0.1) is 11.8 Å². The van der Waals surface area contributed by atoms with Gasteiger partial charge in [-0.2, -0.15) is 9.37 Å². The molecule has 4 aromatic heterocycles. The summed E-state index contributed by atoms with van der Waals surface area (Å²) in [6.45, 7) is -1.61. The Bertz CT molecular complexity index is 2200. The third-order valence-electron chi connectivity index (χ3n) is 7.99. The minimum atomic E-state index is -5.06. The number of phosphoric acid groups is 2. The number of nitrogens with zero attached hydrogens (tertiary/aromatic N) is 7. The molecule has 6 heterocycles. The number of nitrogens with two attached hydrogens (primary N) is 2. The lowest BCUT2D eigenvalue weighted by atomic mass is 10.1. The number of hydrogen-bond acceptors (Lipinski definition) is 16. The first-order valence-electron chi connectivity index (χ1n) is 13.3. The number of phosphoric ester groups is 2. The van der Waals surface area contributed by atoms with Gasteiger partial charge in [0, 0.05) is 5.92 Å². The smallest absolute Gasteiger partial charge is 0.508 e. The number of aromatic amines is 1. The Labute approximate surface area is 253 Å². The highest BCUT2D eigenvalue weighted by atomic mass is 31.2. The third kappa shape index (κ3) is 4.33. The number of fused-ring (bicyclic) bond motifs is 5. The Morgan fingerprint density at radius 2 is 1.85 bits per heavy atom. The zero-order chi connectivity index (χ0) is 32.3. The maximum Gasteiger partial charge on any atom is 0.527 e. The molecule has 46 heavy (non-hydrogen) atoms. The summed E-state index contributed by atoms with van der Waals surface area (Å²) in [4.78, 5) is 55.8. The number of alkyl halides is 1. The van der Waals surface area contributed by atoms with Crippen LogP contribution in [0.3, 0.4) is 0 Å². The van der Waals surface area contributed by atoms with Crippen LogP contribution < -0.4 is 17.0 Å². The summed E-state index contributed by atoms with van der Waals surface area (Å²) in [5, 5.41) is 11.1. The normalized spacial score (nSPS) is 34.4. The van der Waals surface area contributed by atoms with Crippen molar-refractivity contribution in [2.24, 2.45) is 11.8 Å². The Hall–Kier alpha value is -4.43. The van der Waals surface area contributed by atoms with Crippen molar-refractivity contribution in [1.82, 2.24) is 39.0 Å². The number of hydrogen-bond donors (Lipinski definition) is 6. The summed E-state index contributed by atoms with van der Waals surface area (Å²) in [7, 11) is -10.1. The van der Waals surface area contributed by atoms with Gasteiger partial charge in [-0.25, -0.2) is 29.1 Å². The van der Waals surface area contributed by atoms with Gasteiger partial charge in [-0.3, -0.25) is 32.8 Å². The molecule has 0 aromatic carbocycles. The van der Waals surface area contributed by atoms with Gasteiger partial charge in [0.1, 0.15) is 43.1 Å². The number of imidazole rings is 2. The first kappa shape index (κ1) is 29.0. The molecule has 0 saturated heterocycles. The second-order valence-corrected chi connectivity index (χ2v) is 13.5. The molecule has 8 N–H and O–H groups in total. The van der Waals surface area contributed by atoms with Crippen LogP contribution in [0.1, 0.15) is 12.5 Å². The van der Waals surface area contributed by atoms with E-state index in [1.807, 2.05) is 0 Å². The van der Waals surface area contributed by atoms with E-state index < -0.39 is 81.5 Å². The van der Waals surface area contributed by atoms with Gasteiger partial charge >= 0.3 is 15.6 Å². The van der Waals surface area contributed by atoms with Gasteiger partial charge in [0.15, 0.2) is 39.7 Å². The van der Waals surface area contributed by atoms with Crippen molar-refractivity contribution >= 4 is 55.4 Å². The number of halogens is 1. The zero-order valence-corrected chi connectivity index (χ0v) is 24.6. The molecule has 1 saturated carbocycles. The highest BCUT2D eigenvalue weighted by molar-refractivity contribution is 7.47. The number of ether oxygens (including phenoxy) is 1. The molecule has 0 radical (unpaired) electrons. The average Bonchev–Trinajstić information content (AvgIpc) is 3.46. The van der Waals surface area contributed by atoms with Crippen molar-refractivity contribution in [3.8, 4) is 0 Å². The maximum atomic E-state index is 16.1. The average molecular weight is 682 g/mol. The van der Waals surface area contributed by atoms with Crippen LogP contribution in [-0.2, 0) is 32.0 Å². The second-order valence-electron chi connectivity index (χ2n) is 10.8. The summed E-state index contributed by atoms with van der Waals surface area (Å²) in [6, 6.07) is -1.30. The van der Waals surface area contributed by atoms with Gasteiger partial charge in [0.25, 0.3) is 11.4 Å². The van der Waals surface area contributed by atoms with Gasteiger partial charge in [-0.15, -0.1) is 0 Å². The molecule has 4 aliphatic rings. The van der Waals surface area contributed by atoms with Gasteiger partial charge in [-0.1, -0.05) is 0 Å². The zero-order valence-electron chi connectivity index (χ0n) is 22.8. The van der Waals surface area contributed by atoms with Crippen LogP contribution in [-0.4, -0.2) is 79.1 Å². The van der Waals surface area contributed by atoms with Gasteiger partial charge in [0.2, 0.25) is 5.95 Å². The van der Waals surface area contributed by atoms with Gasteiger partial charge < -0.3 is 35.3 Å². The van der Waals surface area contributed by atoms with Crippen molar-refractivity contribution in [3.05, 3.63) is 46.6 Å². The Kier molecular flexibility index (Phi) is 6.02. The summed E-state index contributed by atoms with van der Waals surface area (Å²) in [6.07, 6.45) is 1.85. The molecule has 242 valence electrons. The highest BCUT2D eigenvalue weighted by Gasteiger charge is 2.78. The molecule has 1 fully saturated rings. The minimum absolute atomic E-state index is 0.0628. The fraction of sp³-hybridized carbons (Fsp3) is 0.364. The molecule has 2 aliphatic heterocycles. The van der Waals surface area contributed by atoms with Gasteiger partial charge in [-0.05, 0) is 6.42 Å². The van der Waals surface area contributed by atoms with Crippen LogP contribution in [0.15, 0.2) is 41.1 Å². The predicted molar refractivity (Wildman–Crippen MR) is 148 cm³/mol. The van der Waals surface area contributed by atoms with E-state index >= 15 is 4.39 Å². The number of aliphatic hydroxyl groups excluding tert-OH is 1. The summed E-state index contributed by atoms with van der Waals surface area (Å²) >= 11 is 0. The lowest BCUT2D eigenvalue weighted by Crippen LogP contribution is -2.25. The number of allylic oxidation sites excluding steroid dienone is 1. The SMILES string of the molecule is Nc1nc2c(ncn2[C@H]2C3C4=C(COP(=O)(O)OC5C(O)=C(n6cnc7c(N)ncnc76)C[C@@H]5COP(=O)(O)O4)OC32F)c(=O)[nH]1. The van der Waals surface area contributed by atoms with Crippen LogP contribution >= 0.6 is 15.6 Å². The lowest BCUT2D eigenvalue weighted by Gasteiger charge is -2.25. The number of aliphatic hydroxyl groups is 1. The van der Waals surface area contributed by atoms with E-state index in [2.05, 4.69) is 29.9 Å². The van der Waals surface area contributed by atoms with Crippen molar-refractivity contribution in [2.75, 3.05) is 24.7 Å². The molecule has 0 bridgehead atoms. The first-order valence-corrected chi connectivity index (χ1v) is 16.3. The van der Waals surface area contributed by atoms with E-state index in [4.69, 9.17) is 34.3 Å².